The van der Waals surface area contributed by atoms with Crippen LogP contribution in [0.4, 0.5) is 0 Å². The van der Waals surface area contributed by atoms with Crippen molar-refractivity contribution in [2.45, 2.75) is 26.9 Å². The number of ether oxygens (including phenoxy) is 1. The van der Waals surface area contributed by atoms with Crippen molar-refractivity contribution >= 4 is 11.8 Å². The van der Waals surface area contributed by atoms with Crippen molar-refractivity contribution in [1.29, 1.82) is 0 Å². The molecule has 0 aliphatic heterocycles. The highest BCUT2D eigenvalue weighted by Crippen LogP contribution is 1.97. The Hall–Kier alpha value is -1.88. The van der Waals surface area contributed by atoms with Crippen LogP contribution >= 0.6 is 0 Å². The minimum absolute atomic E-state index is 0. The van der Waals surface area contributed by atoms with Crippen LogP contribution in [0.5, 0.6) is 0 Å². The summed E-state index contributed by atoms with van der Waals surface area (Å²) >= 11 is 0. The summed E-state index contributed by atoms with van der Waals surface area (Å²) in [6.45, 7) is 1.95. The first kappa shape index (κ1) is 17.1. The van der Waals surface area contributed by atoms with Crippen LogP contribution in [0.2, 0.25) is 0 Å². The van der Waals surface area contributed by atoms with E-state index in [1.54, 1.807) is 0 Å². The molecule has 19 heavy (non-hydrogen) atoms. The molecular formula is C14H22N2O3. The van der Waals surface area contributed by atoms with Crippen molar-refractivity contribution in [2.75, 3.05) is 13.7 Å². The van der Waals surface area contributed by atoms with Crippen molar-refractivity contribution in [3.63, 3.8) is 0 Å². The van der Waals surface area contributed by atoms with Gasteiger partial charge in [0.2, 0.25) is 11.8 Å². The largest absolute Gasteiger partial charge is 0.382 e. The Kier molecular flexibility index (Phi) is 8.20. The van der Waals surface area contributed by atoms with Crippen LogP contribution in [-0.4, -0.2) is 31.6 Å². The quantitative estimate of drug-likeness (QED) is 0.810. The number of hydrogen-bond donors (Lipinski definition) is 2. The van der Waals surface area contributed by atoms with Gasteiger partial charge in [0.1, 0.15) is 6.04 Å². The maximum Gasteiger partial charge on any atom is 0.245 e. The van der Waals surface area contributed by atoms with Crippen LogP contribution < -0.4 is 10.6 Å². The first-order chi connectivity index (χ1) is 8.63. The minimum atomic E-state index is -0.656. The number of rotatable bonds is 6. The molecule has 0 heterocycles. The number of hydrogen-bond acceptors (Lipinski definition) is 3. The van der Waals surface area contributed by atoms with Crippen LogP contribution in [0.1, 0.15) is 19.9 Å². The van der Waals surface area contributed by atoms with Crippen LogP contribution in [0, 0.1) is 0 Å². The molecule has 0 bridgehead atoms. The molecule has 0 saturated carbocycles. The molecule has 2 amide bonds. The Morgan fingerprint density at radius 1 is 1.26 bits per heavy atom. The molecule has 5 nitrogen and oxygen atoms in total. The molecule has 106 valence electrons. The fraction of sp³-hybridized carbons (Fsp3) is 0.429. The number of carbonyl (C=O) groups is 2. The Morgan fingerprint density at radius 2 is 1.89 bits per heavy atom. The zero-order valence-electron chi connectivity index (χ0n) is 10.6. The summed E-state index contributed by atoms with van der Waals surface area (Å²) in [5.74, 6) is -0.511. The first-order valence-electron chi connectivity index (χ1n) is 5.71. The molecule has 0 aliphatic rings. The third-order valence-electron chi connectivity index (χ3n) is 2.34. The van der Waals surface area contributed by atoms with E-state index in [1.165, 1.54) is 14.0 Å². The molecule has 0 spiro atoms. The smallest absolute Gasteiger partial charge is 0.245 e. The third kappa shape index (κ3) is 6.57. The fourth-order valence-corrected chi connectivity index (χ4v) is 1.50. The topological polar surface area (TPSA) is 67.4 Å². The monoisotopic (exact) mass is 266 g/mol. The van der Waals surface area contributed by atoms with Gasteiger partial charge < -0.3 is 15.4 Å². The van der Waals surface area contributed by atoms with E-state index in [2.05, 4.69) is 10.6 Å². The second kappa shape index (κ2) is 9.10. The molecule has 0 radical (unpaired) electrons. The lowest BCUT2D eigenvalue weighted by Crippen LogP contribution is -2.48. The van der Waals surface area contributed by atoms with E-state index >= 15 is 0 Å². The molecule has 2 N–H and O–H groups in total. The molecule has 0 unspecified atom stereocenters. The molecule has 1 aromatic rings. The lowest BCUT2D eigenvalue weighted by molar-refractivity contribution is -0.129. The number of nitrogens with one attached hydrogen (secondary N) is 2. The lowest BCUT2D eigenvalue weighted by atomic mass is 10.2. The SMILES string of the molecule is C.COC[C@@H](NC(C)=O)C(=O)NCc1ccccc1. The number of amides is 2. The van der Waals surface area contributed by atoms with Crippen LogP contribution in [0.15, 0.2) is 30.3 Å². The molecule has 0 aromatic heterocycles. The van der Waals surface area contributed by atoms with Gasteiger partial charge in [-0.15, -0.1) is 0 Å². The van der Waals surface area contributed by atoms with E-state index in [4.69, 9.17) is 4.74 Å². The predicted octanol–water partition coefficient (Wildman–Crippen LogP) is 1.09. The molecule has 1 rings (SSSR count). The van der Waals surface area contributed by atoms with Crippen LogP contribution in [0.25, 0.3) is 0 Å². The second-order valence-electron chi connectivity index (χ2n) is 3.91. The van der Waals surface area contributed by atoms with E-state index in [0.717, 1.165) is 5.56 Å². The van der Waals surface area contributed by atoms with Gasteiger partial charge in [0.25, 0.3) is 0 Å². The van der Waals surface area contributed by atoms with Gasteiger partial charge in [-0.2, -0.15) is 0 Å². The van der Waals surface area contributed by atoms with Gasteiger partial charge in [-0.3, -0.25) is 9.59 Å². The summed E-state index contributed by atoms with van der Waals surface area (Å²) in [5.41, 5.74) is 1.00. The average Bonchev–Trinajstić information content (AvgIpc) is 2.36. The van der Waals surface area contributed by atoms with Crippen molar-refractivity contribution in [3.05, 3.63) is 35.9 Å². The summed E-state index contributed by atoms with van der Waals surface area (Å²) in [4.78, 5) is 22.8. The van der Waals surface area contributed by atoms with Gasteiger partial charge in [-0.25, -0.2) is 0 Å². The van der Waals surface area contributed by atoms with Crippen molar-refractivity contribution in [1.82, 2.24) is 10.6 Å². The van der Waals surface area contributed by atoms with Crippen molar-refractivity contribution in [2.24, 2.45) is 0 Å². The van der Waals surface area contributed by atoms with Crippen LogP contribution in [0.3, 0.4) is 0 Å². The van der Waals surface area contributed by atoms with Crippen molar-refractivity contribution in [3.8, 4) is 0 Å². The van der Waals surface area contributed by atoms with E-state index in [0.29, 0.717) is 6.54 Å². The second-order valence-corrected chi connectivity index (χ2v) is 3.91. The minimum Gasteiger partial charge on any atom is -0.382 e. The first-order valence-corrected chi connectivity index (χ1v) is 5.71. The Morgan fingerprint density at radius 3 is 2.42 bits per heavy atom. The van der Waals surface area contributed by atoms with E-state index in [1.807, 2.05) is 30.3 Å². The summed E-state index contributed by atoms with van der Waals surface area (Å²) < 4.78 is 4.90. The Labute approximate surface area is 114 Å². The molecule has 1 atom stereocenters. The van der Waals surface area contributed by atoms with E-state index in [9.17, 15) is 9.59 Å². The zero-order chi connectivity index (χ0) is 13.4. The summed E-state index contributed by atoms with van der Waals surface area (Å²) in [6.07, 6.45) is 0. The van der Waals surface area contributed by atoms with Crippen LogP contribution in [-0.2, 0) is 20.9 Å². The van der Waals surface area contributed by atoms with E-state index in [-0.39, 0.29) is 25.8 Å². The highest BCUT2D eigenvalue weighted by molar-refractivity contribution is 5.86. The Bertz CT molecular complexity index is 393. The standard InChI is InChI=1S/C13H18N2O3.CH4/c1-10(16)15-12(9-18-2)13(17)14-8-11-6-4-3-5-7-11;/h3-7,12H,8-9H2,1-2H3,(H,14,17)(H,15,16);1H4/t12-;/m1./s1. The maximum absolute atomic E-state index is 11.8. The third-order valence-corrected chi connectivity index (χ3v) is 2.34. The molecule has 1 aromatic carbocycles. The normalized spacial score (nSPS) is 11.1. The zero-order valence-corrected chi connectivity index (χ0v) is 10.6. The number of benzene rings is 1. The lowest BCUT2D eigenvalue weighted by Gasteiger charge is -2.16. The fourth-order valence-electron chi connectivity index (χ4n) is 1.50. The highest BCUT2D eigenvalue weighted by Gasteiger charge is 2.18. The number of methoxy groups -OCH3 is 1. The number of carbonyl (C=O) groups excluding carboxylic acids is 2. The van der Waals surface area contributed by atoms with Gasteiger partial charge in [0, 0.05) is 20.6 Å². The maximum atomic E-state index is 11.8. The van der Waals surface area contributed by atoms with Gasteiger partial charge in [0.05, 0.1) is 6.61 Å². The highest BCUT2D eigenvalue weighted by atomic mass is 16.5. The summed E-state index contributed by atoms with van der Waals surface area (Å²) in [6, 6.07) is 8.91. The van der Waals surface area contributed by atoms with Gasteiger partial charge in [0.15, 0.2) is 0 Å². The Balaban J connectivity index is 0.00000324. The molecule has 0 aliphatic carbocycles. The van der Waals surface area contributed by atoms with E-state index < -0.39 is 6.04 Å². The molecule has 5 heteroatoms. The molecular weight excluding hydrogens is 244 g/mol. The predicted molar refractivity (Wildman–Crippen MR) is 74.5 cm³/mol. The van der Waals surface area contributed by atoms with Crippen molar-refractivity contribution < 1.29 is 14.3 Å². The summed E-state index contributed by atoms with van der Waals surface area (Å²) in [7, 11) is 1.49. The molecule has 0 saturated heterocycles. The van der Waals surface area contributed by atoms with Gasteiger partial charge >= 0.3 is 0 Å². The van der Waals surface area contributed by atoms with Gasteiger partial charge in [-0.05, 0) is 5.56 Å². The average molecular weight is 266 g/mol. The molecule has 0 fully saturated rings. The summed E-state index contributed by atoms with van der Waals surface area (Å²) in [5, 5.41) is 5.30. The van der Waals surface area contributed by atoms with Gasteiger partial charge in [-0.1, -0.05) is 37.8 Å².